The van der Waals surface area contributed by atoms with Crippen molar-refractivity contribution in [2.75, 3.05) is 0 Å². The van der Waals surface area contributed by atoms with Gasteiger partial charge in [-0.2, -0.15) is 0 Å². The van der Waals surface area contributed by atoms with Crippen LogP contribution in [0.3, 0.4) is 0 Å². The Morgan fingerprint density at radius 2 is 1.73 bits per heavy atom. The highest BCUT2D eigenvalue weighted by atomic mass is 16.3. The van der Waals surface area contributed by atoms with Crippen LogP contribution in [0.25, 0.3) is 0 Å². The molecule has 0 heterocycles. The van der Waals surface area contributed by atoms with Crippen molar-refractivity contribution in [3.63, 3.8) is 0 Å². The van der Waals surface area contributed by atoms with Gasteiger partial charge >= 0.3 is 0 Å². The molecule has 0 saturated heterocycles. The fourth-order valence-electron chi connectivity index (χ4n) is 2.00. The van der Waals surface area contributed by atoms with Gasteiger partial charge in [0.1, 0.15) is 0 Å². The van der Waals surface area contributed by atoms with Crippen molar-refractivity contribution < 1.29 is 10.2 Å². The van der Waals surface area contributed by atoms with Gasteiger partial charge in [-0.1, -0.05) is 20.3 Å². The lowest BCUT2D eigenvalue weighted by molar-refractivity contribution is -0.0447. The van der Waals surface area contributed by atoms with E-state index in [-0.39, 0.29) is 0 Å². The van der Waals surface area contributed by atoms with Crippen molar-refractivity contribution in [2.45, 2.75) is 45.3 Å². The Bertz CT molecular complexity index is 125. The largest absolute Gasteiger partial charge is 0.390 e. The van der Waals surface area contributed by atoms with Crippen LogP contribution in [-0.4, -0.2) is 22.4 Å². The number of hydrogen-bond donors (Lipinski definition) is 2. The van der Waals surface area contributed by atoms with E-state index in [1.165, 1.54) is 0 Å². The van der Waals surface area contributed by atoms with Crippen LogP contribution < -0.4 is 0 Å². The fourth-order valence-corrected chi connectivity index (χ4v) is 2.00. The van der Waals surface area contributed by atoms with Gasteiger partial charge in [-0.15, -0.1) is 0 Å². The van der Waals surface area contributed by atoms with Gasteiger partial charge in [-0.05, 0) is 24.7 Å². The predicted molar refractivity (Wildman–Crippen MR) is 44.2 cm³/mol. The summed E-state index contributed by atoms with van der Waals surface area (Å²) in [5.41, 5.74) is 0. The maximum atomic E-state index is 9.35. The van der Waals surface area contributed by atoms with Gasteiger partial charge in [-0.3, -0.25) is 0 Å². The maximum absolute atomic E-state index is 9.35. The summed E-state index contributed by atoms with van der Waals surface area (Å²) in [6.45, 7) is 4.30. The normalized spacial score (nSPS) is 45.8. The van der Waals surface area contributed by atoms with Crippen LogP contribution in [0.4, 0.5) is 0 Å². The summed E-state index contributed by atoms with van der Waals surface area (Å²) in [7, 11) is 0. The zero-order chi connectivity index (χ0) is 8.43. The minimum atomic E-state index is -0.479. The lowest BCUT2D eigenvalue weighted by Crippen LogP contribution is -2.37. The standard InChI is InChI=1S/C9H18O2/c1-3-7-5-9(11)8(10)4-6(7)2/h6-11H,3-5H2,1-2H3/t6-,7-,8+,9-/m0/s1. The molecule has 4 atom stereocenters. The molecule has 2 N–H and O–H groups in total. The first kappa shape index (κ1) is 9.01. The first-order valence-electron chi connectivity index (χ1n) is 4.51. The molecule has 0 unspecified atom stereocenters. The van der Waals surface area contributed by atoms with E-state index in [4.69, 9.17) is 0 Å². The molecule has 66 valence electrons. The van der Waals surface area contributed by atoms with Gasteiger partial charge in [0.05, 0.1) is 12.2 Å². The third-order valence-electron chi connectivity index (χ3n) is 2.93. The quantitative estimate of drug-likeness (QED) is 0.601. The SMILES string of the molecule is CC[C@H]1C[C@H](O)[C@H](O)C[C@@H]1C. The lowest BCUT2D eigenvalue weighted by Gasteiger charge is -2.34. The second kappa shape index (κ2) is 3.55. The Balaban J connectivity index is 2.48. The van der Waals surface area contributed by atoms with Crippen molar-refractivity contribution in [1.29, 1.82) is 0 Å². The van der Waals surface area contributed by atoms with E-state index in [0.29, 0.717) is 11.8 Å². The Morgan fingerprint density at radius 3 is 2.27 bits per heavy atom. The van der Waals surface area contributed by atoms with Crippen molar-refractivity contribution in [2.24, 2.45) is 11.8 Å². The molecule has 1 aliphatic carbocycles. The summed E-state index contributed by atoms with van der Waals surface area (Å²) in [4.78, 5) is 0. The Kier molecular flexibility index (Phi) is 2.90. The van der Waals surface area contributed by atoms with Crippen LogP contribution in [0.15, 0.2) is 0 Å². The summed E-state index contributed by atoms with van der Waals surface area (Å²) in [6, 6.07) is 0. The summed E-state index contributed by atoms with van der Waals surface area (Å²) >= 11 is 0. The van der Waals surface area contributed by atoms with E-state index in [2.05, 4.69) is 13.8 Å². The number of aliphatic hydroxyl groups excluding tert-OH is 2. The minimum Gasteiger partial charge on any atom is -0.390 e. The van der Waals surface area contributed by atoms with Crippen LogP contribution in [0.5, 0.6) is 0 Å². The van der Waals surface area contributed by atoms with Crippen molar-refractivity contribution in [1.82, 2.24) is 0 Å². The van der Waals surface area contributed by atoms with Crippen LogP contribution in [0.2, 0.25) is 0 Å². The van der Waals surface area contributed by atoms with Crippen LogP contribution in [0.1, 0.15) is 33.1 Å². The van der Waals surface area contributed by atoms with E-state index in [0.717, 1.165) is 19.3 Å². The zero-order valence-electron chi connectivity index (χ0n) is 7.33. The summed E-state index contributed by atoms with van der Waals surface area (Å²) in [6.07, 6.45) is 1.70. The lowest BCUT2D eigenvalue weighted by atomic mass is 9.76. The second-order valence-corrected chi connectivity index (χ2v) is 3.75. The van der Waals surface area contributed by atoms with E-state index >= 15 is 0 Å². The maximum Gasteiger partial charge on any atom is 0.0802 e. The van der Waals surface area contributed by atoms with Crippen molar-refractivity contribution in [3.8, 4) is 0 Å². The molecule has 0 amide bonds. The monoisotopic (exact) mass is 158 g/mol. The highest BCUT2D eigenvalue weighted by Gasteiger charge is 2.31. The van der Waals surface area contributed by atoms with E-state index in [1.54, 1.807) is 0 Å². The molecule has 2 nitrogen and oxygen atoms in total. The van der Waals surface area contributed by atoms with E-state index in [1.807, 2.05) is 0 Å². The first-order valence-corrected chi connectivity index (χ1v) is 4.51. The third kappa shape index (κ3) is 1.94. The molecule has 1 saturated carbocycles. The topological polar surface area (TPSA) is 40.5 Å². The molecule has 0 bridgehead atoms. The highest BCUT2D eigenvalue weighted by Crippen LogP contribution is 2.31. The molecule has 2 heteroatoms. The number of rotatable bonds is 1. The summed E-state index contributed by atoms with van der Waals surface area (Å²) in [5.74, 6) is 1.17. The van der Waals surface area contributed by atoms with E-state index < -0.39 is 12.2 Å². The molecular weight excluding hydrogens is 140 g/mol. The van der Waals surface area contributed by atoms with Crippen LogP contribution in [0, 0.1) is 11.8 Å². The average Bonchev–Trinajstić information content (AvgIpc) is 1.97. The predicted octanol–water partition coefficient (Wildman–Crippen LogP) is 1.16. The van der Waals surface area contributed by atoms with Gasteiger partial charge in [0.15, 0.2) is 0 Å². The van der Waals surface area contributed by atoms with Gasteiger partial charge in [0, 0.05) is 0 Å². The number of aliphatic hydroxyl groups is 2. The molecule has 0 aromatic carbocycles. The Morgan fingerprint density at radius 1 is 1.18 bits per heavy atom. The molecule has 0 aliphatic heterocycles. The van der Waals surface area contributed by atoms with Crippen LogP contribution in [-0.2, 0) is 0 Å². The molecule has 0 radical (unpaired) electrons. The molecule has 1 fully saturated rings. The van der Waals surface area contributed by atoms with Crippen molar-refractivity contribution >= 4 is 0 Å². The molecule has 1 rings (SSSR count). The third-order valence-corrected chi connectivity index (χ3v) is 2.93. The average molecular weight is 158 g/mol. The molecule has 11 heavy (non-hydrogen) atoms. The van der Waals surface area contributed by atoms with Crippen molar-refractivity contribution in [3.05, 3.63) is 0 Å². The number of hydrogen-bond acceptors (Lipinski definition) is 2. The van der Waals surface area contributed by atoms with Gasteiger partial charge < -0.3 is 10.2 Å². The van der Waals surface area contributed by atoms with Crippen LogP contribution >= 0.6 is 0 Å². The second-order valence-electron chi connectivity index (χ2n) is 3.75. The van der Waals surface area contributed by atoms with E-state index in [9.17, 15) is 10.2 Å². The molecule has 0 aromatic heterocycles. The fraction of sp³-hybridized carbons (Fsp3) is 1.00. The highest BCUT2D eigenvalue weighted by molar-refractivity contribution is 4.82. The molecular formula is C9H18O2. The molecule has 0 aromatic rings. The molecule has 1 aliphatic rings. The van der Waals surface area contributed by atoms with Gasteiger partial charge in [0.2, 0.25) is 0 Å². The summed E-state index contributed by atoms with van der Waals surface area (Å²) in [5, 5.41) is 18.7. The smallest absolute Gasteiger partial charge is 0.0802 e. The molecule has 0 spiro atoms. The Labute approximate surface area is 68.2 Å². The van der Waals surface area contributed by atoms with Gasteiger partial charge in [0.25, 0.3) is 0 Å². The first-order chi connectivity index (χ1) is 5.15. The minimum absolute atomic E-state index is 0.476. The summed E-state index contributed by atoms with van der Waals surface area (Å²) < 4.78 is 0. The van der Waals surface area contributed by atoms with Gasteiger partial charge in [-0.25, -0.2) is 0 Å². The Hall–Kier alpha value is -0.0800. The zero-order valence-corrected chi connectivity index (χ0v) is 7.33.